The summed E-state index contributed by atoms with van der Waals surface area (Å²) in [5, 5.41) is -0.259. The monoisotopic (exact) mass is 336 g/mol. The van der Waals surface area contributed by atoms with Crippen LogP contribution >= 0.6 is 41.3 Å². The van der Waals surface area contributed by atoms with E-state index in [0.717, 1.165) is 0 Å². The van der Waals surface area contributed by atoms with E-state index in [1.165, 1.54) is 14.2 Å². The van der Waals surface area contributed by atoms with E-state index in [-0.39, 0.29) is 31.9 Å². The van der Waals surface area contributed by atoms with Gasteiger partial charge in [-0.1, -0.05) is 34.8 Å². The van der Waals surface area contributed by atoms with Gasteiger partial charge >= 0.3 is 0 Å². The minimum absolute atomic E-state index is 0.00534. The lowest BCUT2D eigenvalue weighted by atomic mass is 10.3. The Hall–Kier alpha value is 0.260. The molecule has 0 heterocycles. The first-order chi connectivity index (χ1) is 7.75. The van der Waals surface area contributed by atoms with Gasteiger partial charge in [-0.25, -0.2) is 0 Å². The maximum Gasteiger partial charge on any atom is 0.221 e. The van der Waals surface area contributed by atoms with Crippen LogP contribution in [0.15, 0.2) is 0 Å². The Labute approximate surface area is 118 Å². The molecule has 17 heavy (non-hydrogen) atoms. The Morgan fingerprint density at radius 1 is 0.941 bits per heavy atom. The maximum atomic E-state index is 9.61. The summed E-state index contributed by atoms with van der Waals surface area (Å²) in [5.41, 5.74) is 0. The molecule has 9 heteroatoms. The molecule has 4 nitrogen and oxygen atoms in total. The van der Waals surface area contributed by atoms with Crippen LogP contribution in [-0.2, 0) is 11.8 Å². The quantitative estimate of drug-likeness (QED) is 0.656. The van der Waals surface area contributed by atoms with E-state index in [4.69, 9.17) is 44.3 Å². The van der Waals surface area contributed by atoms with Gasteiger partial charge in [0, 0.05) is 0 Å². The topological polar surface area (TPSA) is 58.9 Å². The van der Waals surface area contributed by atoms with Crippen LogP contribution in [0.3, 0.4) is 0 Å². The maximum absolute atomic E-state index is 9.61. The summed E-state index contributed by atoms with van der Waals surface area (Å²) in [6.45, 7) is -3.84. The Balaban J connectivity index is 3.83. The van der Waals surface area contributed by atoms with E-state index in [1.807, 2.05) is 0 Å². The minimum atomic E-state index is -3.84. The number of benzene rings is 1. The first kappa shape index (κ1) is 15.3. The second kappa shape index (κ2) is 5.49. The van der Waals surface area contributed by atoms with Crippen molar-refractivity contribution in [1.29, 1.82) is 0 Å². The van der Waals surface area contributed by atoms with Gasteiger partial charge in [-0.15, -0.1) is 0 Å². The Kier molecular flexibility index (Phi) is 4.95. The molecule has 0 radical (unpaired) electrons. The van der Waals surface area contributed by atoms with Gasteiger partial charge in [0.05, 0.1) is 19.2 Å². The number of rotatable bonds is 3. The van der Waals surface area contributed by atoms with Crippen molar-refractivity contribution in [3.63, 3.8) is 0 Å². The smallest absolute Gasteiger partial charge is 0.221 e. The highest BCUT2D eigenvalue weighted by Gasteiger charge is 2.30. The normalized spacial score (nSPS) is 11.5. The standard InChI is InChI=1S/C8H8Cl3O4PS/c1-14-6-4(10)3(9)5(11)7(15-2)8(6)16(12,13)17/h1-2H3,(H2,12,13,17). The third kappa shape index (κ3) is 2.82. The van der Waals surface area contributed by atoms with Gasteiger partial charge in [0.25, 0.3) is 0 Å². The molecule has 0 spiro atoms. The third-order valence-electron chi connectivity index (χ3n) is 1.91. The van der Waals surface area contributed by atoms with E-state index >= 15 is 0 Å². The van der Waals surface area contributed by atoms with Crippen LogP contribution in [0.25, 0.3) is 0 Å². The highest BCUT2D eigenvalue weighted by Crippen LogP contribution is 2.50. The van der Waals surface area contributed by atoms with E-state index < -0.39 is 6.49 Å². The van der Waals surface area contributed by atoms with E-state index in [1.54, 1.807) is 0 Å². The lowest BCUT2D eigenvalue weighted by Gasteiger charge is -2.19. The van der Waals surface area contributed by atoms with Crippen LogP contribution in [0.4, 0.5) is 0 Å². The molecule has 0 saturated carbocycles. The summed E-state index contributed by atoms with van der Waals surface area (Å²) in [5.74, 6) is -0.0995. The van der Waals surface area contributed by atoms with Crippen LogP contribution in [0, 0.1) is 0 Å². The zero-order valence-electron chi connectivity index (χ0n) is 8.70. The van der Waals surface area contributed by atoms with Crippen molar-refractivity contribution < 1.29 is 19.3 Å². The Bertz CT molecular complexity index is 471. The fourth-order valence-electron chi connectivity index (χ4n) is 1.24. The molecule has 1 aromatic carbocycles. The van der Waals surface area contributed by atoms with Crippen molar-refractivity contribution in [3.8, 4) is 11.5 Å². The van der Waals surface area contributed by atoms with Crippen molar-refractivity contribution in [2.45, 2.75) is 0 Å². The van der Waals surface area contributed by atoms with Crippen LogP contribution in [0.1, 0.15) is 0 Å². The number of hydrogen-bond acceptors (Lipinski definition) is 3. The summed E-state index contributed by atoms with van der Waals surface area (Å²) in [6, 6.07) is 0. The molecule has 0 saturated heterocycles. The van der Waals surface area contributed by atoms with Crippen molar-refractivity contribution in [3.05, 3.63) is 15.1 Å². The largest absolute Gasteiger partial charge is 0.494 e. The average Bonchev–Trinajstić information content (AvgIpc) is 2.24. The highest BCUT2D eigenvalue weighted by atomic mass is 35.5. The molecular formula is C8H8Cl3O4PS. The van der Waals surface area contributed by atoms with Crippen LogP contribution in [0.5, 0.6) is 11.5 Å². The molecule has 0 atom stereocenters. The zero-order chi connectivity index (χ0) is 13.4. The molecule has 96 valence electrons. The molecule has 1 aromatic rings. The van der Waals surface area contributed by atoms with Gasteiger partial charge in [-0.3, -0.25) is 0 Å². The summed E-state index contributed by atoms with van der Waals surface area (Å²) in [6.07, 6.45) is 0. The summed E-state index contributed by atoms with van der Waals surface area (Å²) in [4.78, 5) is 19.2. The minimum Gasteiger partial charge on any atom is -0.494 e. The molecule has 0 unspecified atom stereocenters. The van der Waals surface area contributed by atoms with Gasteiger partial charge in [0.15, 0.2) is 11.5 Å². The summed E-state index contributed by atoms with van der Waals surface area (Å²) >= 11 is 22.3. The van der Waals surface area contributed by atoms with Crippen molar-refractivity contribution in [1.82, 2.24) is 0 Å². The molecule has 0 aliphatic rings. The summed E-state index contributed by atoms with van der Waals surface area (Å²) < 4.78 is 9.93. The number of methoxy groups -OCH3 is 2. The molecular weight excluding hydrogens is 329 g/mol. The number of ether oxygens (including phenoxy) is 2. The van der Waals surface area contributed by atoms with E-state index in [0.29, 0.717) is 0 Å². The van der Waals surface area contributed by atoms with Crippen molar-refractivity contribution >= 4 is 58.4 Å². The van der Waals surface area contributed by atoms with E-state index in [9.17, 15) is 9.79 Å². The SMILES string of the molecule is COc1c(Cl)c(Cl)c(Cl)c(OC)c1P(O)(O)=S. The predicted octanol–water partition coefficient (Wildman–Crippen LogP) is 2.58. The molecule has 0 bridgehead atoms. The first-order valence-corrected chi connectivity index (χ1v) is 7.94. The zero-order valence-corrected chi connectivity index (χ0v) is 12.7. The first-order valence-electron chi connectivity index (χ1n) is 4.10. The highest BCUT2D eigenvalue weighted by molar-refractivity contribution is 8.12. The van der Waals surface area contributed by atoms with Crippen molar-refractivity contribution in [2.24, 2.45) is 0 Å². The number of hydrogen-bond donors (Lipinski definition) is 2. The molecule has 0 aliphatic carbocycles. The van der Waals surface area contributed by atoms with Crippen LogP contribution in [-0.4, -0.2) is 24.0 Å². The molecule has 2 N–H and O–H groups in total. The van der Waals surface area contributed by atoms with Crippen molar-refractivity contribution in [2.75, 3.05) is 14.2 Å². The van der Waals surface area contributed by atoms with Gasteiger partial charge < -0.3 is 19.3 Å². The van der Waals surface area contributed by atoms with Gasteiger partial charge in [-0.05, 0) is 11.8 Å². The Morgan fingerprint density at radius 2 is 1.29 bits per heavy atom. The summed E-state index contributed by atoms with van der Waals surface area (Å²) in [7, 11) is 2.58. The molecule has 0 amide bonds. The fraction of sp³-hybridized carbons (Fsp3) is 0.250. The number of halogens is 3. The average molecular weight is 338 g/mol. The Morgan fingerprint density at radius 3 is 1.53 bits per heavy atom. The van der Waals surface area contributed by atoms with E-state index in [2.05, 4.69) is 11.8 Å². The fourth-order valence-corrected chi connectivity index (χ4v) is 3.56. The lowest BCUT2D eigenvalue weighted by molar-refractivity contribution is 0.397. The van der Waals surface area contributed by atoms with Gasteiger partial charge in [0.1, 0.15) is 15.3 Å². The molecule has 0 aromatic heterocycles. The van der Waals surface area contributed by atoms with Gasteiger partial charge in [0.2, 0.25) is 6.49 Å². The second-order valence-corrected chi connectivity index (χ2v) is 7.10. The predicted molar refractivity (Wildman–Crippen MR) is 72.9 cm³/mol. The molecule has 1 rings (SSSR count). The third-order valence-corrected chi connectivity index (χ3v) is 4.74. The molecule has 0 aliphatic heterocycles. The lowest BCUT2D eigenvalue weighted by Crippen LogP contribution is -2.13. The van der Waals surface area contributed by atoms with Gasteiger partial charge in [-0.2, -0.15) is 0 Å². The van der Waals surface area contributed by atoms with Crippen LogP contribution in [0.2, 0.25) is 15.1 Å². The molecule has 0 fully saturated rings. The van der Waals surface area contributed by atoms with Crippen LogP contribution < -0.4 is 14.8 Å². The second-order valence-electron chi connectivity index (χ2n) is 2.90.